The third-order valence-corrected chi connectivity index (χ3v) is 14.9. The average molecular weight is 1240 g/mol. The highest BCUT2D eigenvalue weighted by atomic mass is 31.2. The zero-order chi connectivity index (χ0) is 62.4. The van der Waals surface area contributed by atoms with Crippen LogP contribution >= 0.6 is 15.6 Å². The van der Waals surface area contributed by atoms with Gasteiger partial charge in [0.25, 0.3) is 0 Å². The minimum Gasteiger partial charge on any atom is -0.463 e. The molecule has 0 aliphatic rings. The van der Waals surface area contributed by atoms with Crippen LogP contribution in [0.25, 0.3) is 0 Å². The van der Waals surface area contributed by atoms with Crippen molar-refractivity contribution < 1.29 is 75.8 Å². The second-order valence-corrected chi connectivity index (χ2v) is 24.1. The molecule has 0 rings (SSSR count). The van der Waals surface area contributed by atoms with Crippen LogP contribution in [-0.4, -0.2) is 95.9 Å². The van der Waals surface area contributed by atoms with E-state index >= 15 is 0 Å². The normalized spacial score (nSPS) is 15.0. The fraction of sp³-hybridized carbons (Fsp3) is 0.687. The predicted molar refractivity (Wildman–Crippen MR) is 344 cm³/mol. The van der Waals surface area contributed by atoms with Gasteiger partial charge in [-0.1, -0.05) is 207 Å². The van der Waals surface area contributed by atoms with Crippen LogP contribution < -0.4 is 0 Å². The van der Waals surface area contributed by atoms with E-state index in [4.69, 9.17) is 32.3 Å². The molecule has 0 bridgehead atoms. The van der Waals surface area contributed by atoms with Gasteiger partial charge in [-0.3, -0.25) is 32.5 Å². The molecule has 4 N–H and O–H groups in total. The Morgan fingerprint density at radius 2 is 0.635 bits per heavy atom. The number of rotatable bonds is 60. The maximum atomic E-state index is 12.8. The van der Waals surface area contributed by atoms with Crippen molar-refractivity contribution in [1.82, 2.24) is 0 Å². The number of aliphatic hydroxyl groups is 2. The lowest BCUT2D eigenvalue weighted by Crippen LogP contribution is -2.30. The van der Waals surface area contributed by atoms with Crippen LogP contribution in [0.4, 0.5) is 0 Å². The first kappa shape index (κ1) is 81.2. The van der Waals surface area contributed by atoms with Crippen molar-refractivity contribution in [3.8, 4) is 0 Å². The molecule has 0 fully saturated rings. The molecule has 16 nitrogen and oxygen atoms in total. The Morgan fingerprint density at radius 1 is 0.341 bits per heavy atom. The highest BCUT2D eigenvalue weighted by Gasteiger charge is 2.29. The minimum atomic E-state index is -4.92. The number of phosphoric acid groups is 2. The van der Waals surface area contributed by atoms with Gasteiger partial charge in [0, 0.05) is 19.3 Å². The summed E-state index contributed by atoms with van der Waals surface area (Å²) >= 11 is 0. The summed E-state index contributed by atoms with van der Waals surface area (Å²) in [5.41, 5.74) is 0. The molecule has 0 saturated heterocycles. The lowest BCUT2D eigenvalue weighted by molar-refractivity contribution is -0.161. The number of esters is 3. The molecule has 18 heteroatoms. The van der Waals surface area contributed by atoms with Gasteiger partial charge in [-0.15, -0.1) is 0 Å². The molecule has 488 valence electrons. The fourth-order valence-corrected chi connectivity index (χ4v) is 9.58. The number of ether oxygens (including phenoxy) is 3. The Bertz CT molecular complexity index is 1990. The summed E-state index contributed by atoms with van der Waals surface area (Å²) in [6.45, 7) is 2.40. The van der Waals surface area contributed by atoms with Crippen molar-refractivity contribution in [3.05, 3.63) is 109 Å². The molecule has 0 saturated carbocycles. The van der Waals surface area contributed by atoms with Gasteiger partial charge >= 0.3 is 33.6 Å². The van der Waals surface area contributed by atoms with Crippen molar-refractivity contribution in [1.29, 1.82) is 0 Å². The van der Waals surface area contributed by atoms with Crippen LogP contribution in [0.1, 0.15) is 239 Å². The number of hydrogen-bond donors (Lipinski definition) is 4. The molecular weight excluding hydrogens is 1120 g/mol. The van der Waals surface area contributed by atoms with Gasteiger partial charge in [0.1, 0.15) is 25.4 Å². The first-order valence-corrected chi connectivity index (χ1v) is 35.2. The molecular formula is C67H114O16P2. The van der Waals surface area contributed by atoms with Crippen LogP contribution in [-0.2, 0) is 55.8 Å². The van der Waals surface area contributed by atoms with Crippen molar-refractivity contribution in [2.75, 3.05) is 39.6 Å². The first-order chi connectivity index (χ1) is 41.2. The highest BCUT2D eigenvalue weighted by Crippen LogP contribution is 2.45. The van der Waals surface area contributed by atoms with Gasteiger partial charge in [-0.2, -0.15) is 0 Å². The van der Waals surface area contributed by atoms with E-state index in [2.05, 4.69) is 130 Å². The monoisotopic (exact) mass is 1240 g/mol. The lowest BCUT2D eigenvalue weighted by atomic mass is 10.1. The summed E-state index contributed by atoms with van der Waals surface area (Å²) in [6.07, 6.45) is 65.9. The molecule has 5 atom stereocenters. The quantitative estimate of drug-likeness (QED) is 0.0146. The van der Waals surface area contributed by atoms with Gasteiger partial charge < -0.3 is 34.2 Å². The first-order valence-electron chi connectivity index (χ1n) is 32.2. The van der Waals surface area contributed by atoms with E-state index in [9.17, 15) is 43.5 Å². The number of unbranched alkanes of at least 4 members (excludes halogenated alkanes) is 19. The van der Waals surface area contributed by atoms with Gasteiger partial charge in [0.2, 0.25) is 0 Å². The Kier molecular flexibility index (Phi) is 57.8. The maximum Gasteiger partial charge on any atom is 0.472 e. The van der Waals surface area contributed by atoms with Crippen LogP contribution in [0.2, 0.25) is 0 Å². The minimum absolute atomic E-state index is 0.0891. The number of hydrogen-bond acceptors (Lipinski definition) is 14. The summed E-state index contributed by atoms with van der Waals surface area (Å²) in [4.78, 5) is 58.1. The molecule has 0 aromatic carbocycles. The van der Waals surface area contributed by atoms with Crippen molar-refractivity contribution >= 4 is 33.6 Å². The molecule has 0 spiro atoms. The second-order valence-electron chi connectivity index (χ2n) is 21.2. The Labute approximate surface area is 513 Å². The summed E-state index contributed by atoms with van der Waals surface area (Å²) in [5.74, 6) is -1.63. The molecule has 0 aliphatic heterocycles. The summed E-state index contributed by atoms with van der Waals surface area (Å²) in [5, 5.41) is 20.5. The largest absolute Gasteiger partial charge is 0.472 e. The predicted octanol–water partition coefficient (Wildman–Crippen LogP) is 17.3. The molecule has 85 heavy (non-hydrogen) atoms. The fourth-order valence-electron chi connectivity index (χ4n) is 7.99. The standard InChI is InChI=1S/C67H114O16P2/c1-4-7-10-13-16-19-22-24-26-27-28-29-30-31-32-33-35-37-39-41-44-47-50-53-65(70)77-56-62(68)57-79-84(73,74)80-58-63(69)59-81-85(75,76)82-61-64(83-67(72)55-52-49-46-43-38-21-18-15-12-9-6-3)60-78-66(71)54-51-48-45-42-40-36-34-25-23-20-17-14-11-8-5-2/h7,10,15-20,24-26,28-29,31-32,34-35,37,62-64,68-69H,4-6,8-9,11-14,21-23,27,30,33,36,38-61H2,1-3H3,(H,73,74)(H,75,76)/b10-7-,18-15-,19-16-,20-17-,26-24-,29-28-,32-31-,34-25-,37-35-. The van der Waals surface area contributed by atoms with Crippen molar-refractivity contribution in [3.63, 3.8) is 0 Å². The summed E-state index contributed by atoms with van der Waals surface area (Å²) in [7, 11) is -9.78. The molecule has 0 radical (unpaired) electrons. The van der Waals surface area contributed by atoms with Crippen LogP contribution in [0.15, 0.2) is 109 Å². The van der Waals surface area contributed by atoms with Gasteiger partial charge in [-0.05, 0) is 122 Å². The third kappa shape index (κ3) is 61.6. The van der Waals surface area contributed by atoms with E-state index in [0.717, 1.165) is 148 Å². The maximum absolute atomic E-state index is 12.8. The van der Waals surface area contributed by atoms with Crippen LogP contribution in [0, 0.1) is 0 Å². The number of phosphoric ester groups is 2. The highest BCUT2D eigenvalue weighted by molar-refractivity contribution is 7.47. The average Bonchev–Trinajstić information content (AvgIpc) is 3.60. The zero-order valence-electron chi connectivity index (χ0n) is 52.5. The van der Waals surface area contributed by atoms with E-state index in [1.165, 1.54) is 32.1 Å². The van der Waals surface area contributed by atoms with E-state index in [1.54, 1.807) is 0 Å². The Hall–Kier alpha value is -3.79. The molecule has 0 aromatic heterocycles. The summed E-state index contributed by atoms with van der Waals surface area (Å²) < 4.78 is 60.6. The summed E-state index contributed by atoms with van der Waals surface area (Å²) in [6, 6.07) is 0. The van der Waals surface area contributed by atoms with Crippen molar-refractivity contribution in [2.45, 2.75) is 257 Å². The lowest BCUT2D eigenvalue weighted by Gasteiger charge is -2.21. The van der Waals surface area contributed by atoms with E-state index in [-0.39, 0.29) is 19.3 Å². The molecule has 0 aromatic rings. The van der Waals surface area contributed by atoms with Gasteiger partial charge in [-0.25, -0.2) is 9.13 Å². The SMILES string of the molecule is CC/C=C\C/C=C\C/C=C\C/C=C\C/C=C\C/C=C\CCCCCCC(=O)OCC(O)COP(=O)(O)OCC(O)COP(=O)(O)OCC(COC(=O)CCCCCCC/C=C\C/C=C\CCCCC)OC(=O)CCCCCCC/C=C\CCCC. The Morgan fingerprint density at radius 3 is 1.04 bits per heavy atom. The van der Waals surface area contributed by atoms with E-state index in [0.29, 0.717) is 19.3 Å². The van der Waals surface area contributed by atoms with E-state index in [1.807, 2.05) is 0 Å². The van der Waals surface area contributed by atoms with Gasteiger partial charge in [0.05, 0.1) is 26.4 Å². The molecule has 0 amide bonds. The Balaban J connectivity index is 4.59. The van der Waals surface area contributed by atoms with Gasteiger partial charge in [0.15, 0.2) is 6.10 Å². The third-order valence-electron chi connectivity index (χ3n) is 13.0. The number of carbonyl (C=O) groups excluding carboxylic acids is 3. The van der Waals surface area contributed by atoms with E-state index < -0.39 is 91.5 Å². The van der Waals surface area contributed by atoms with Crippen LogP contribution in [0.3, 0.4) is 0 Å². The number of aliphatic hydroxyl groups excluding tert-OH is 2. The zero-order valence-corrected chi connectivity index (χ0v) is 54.3. The number of allylic oxidation sites excluding steroid dienone is 18. The molecule has 5 unspecified atom stereocenters. The molecule has 0 heterocycles. The topological polar surface area (TPSA) is 231 Å². The van der Waals surface area contributed by atoms with Crippen LogP contribution in [0.5, 0.6) is 0 Å². The van der Waals surface area contributed by atoms with Crippen molar-refractivity contribution in [2.24, 2.45) is 0 Å². The smallest absolute Gasteiger partial charge is 0.463 e. The second kappa shape index (κ2) is 60.5. The molecule has 0 aliphatic carbocycles. The number of carbonyl (C=O) groups is 3.